The smallest absolute Gasteiger partial charge is 0.0713 e. The second-order valence-electron chi connectivity index (χ2n) is 10.9. The minimum Gasteiger partial charge on any atom is -0.375 e. The minimum absolute atomic E-state index is 0.138. The van der Waals surface area contributed by atoms with E-state index in [2.05, 4.69) is 20.8 Å². The van der Waals surface area contributed by atoms with E-state index >= 15 is 0 Å². The molecule has 27 heavy (non-hydrogen) atoms. The minimum atomic E-state index is 0.138. The normalized spacial score (nSPS) is 49.3. The standard InChI is InChI=1S/C25H45NO/c1-4-6-13-25-15-11-21-20-10-8-19(26)17-18(20)7-9-22(21)23(25)12-14-24(25,3)27-16-5-2/h18-23H,4-17,26H2,1-3H3. The Labute approximate surface area is 168 Å². The van der Waals surface area contributed by atoms with Gasteiger partial charge in [0.2, 0.25) is 0 Å². The molecule has 0 bridgehead atoms. The van der Waals surface area contributed by atoms with E-state index < -0.39 is 0 Å². The van der Waals surface area contributed by atoms with Crippen molar-refractivity contribution in [1.82, 2.24) is 0 Å². The van der Waals surface area contributed by atoms with Crippen molar-refractivity contribution in [2.45, 2.75) is 116 Å². The summed E-state index contributed by atoms with van der Waals surface area (Å²) < 4.78 is 6.69. The van der Waals surface area contributed by atoms with Gasteiger partial charge in [-0.1, -0.05) is 26.7 Å². The second kappa shape index (κ2) is 7.98. The van der Waals surface area contributed by atoms with Crippen LogP contribution in [0.1, 0.15) is 104 Å². The van der Waals surface area contributed by atoms with Crippen molar-refractivity contribution >= 4 is 0 Å². The highest BCUT2D eigenvalue weighted by molar-refractivity contribution is 5.13. The molecule has 4 fully saturated rings. The Kier molecular flexibility index (Phi) is 5.97. The van der Waals surface area contributed by atoms with Crippen molar-refractivity contribution in [2.75, 3.05) is 6.61 Å². The topological polar surface area (TPSA) is 35.2 Å². The highest BCUT2D eigenvalue weighted by Crippen LogP contribution is 2.67. The largest absolute Gasteiger partial charge is 0.375 e. The highest BCUT2D eigenvalue weighted by atomic mass is 16.5. The zero-order valence-electron chi connectivity index (χ0n) is 18.3. The first kappa shape index (κ1) is 20.2. The second-order valence-corrected chi connectivity index (χ2v) is 10.9. The lowest BCUT2D eigenvalue weighted by molar-refractivity contribution is -0.164. The van der Waals surface area contributed by atoms with Crippen molar-refractivity contribution in [3.05, 3.63) is 0 Å². The Bertz CT molecular complexity index is 507. The zero-order chi connectivity index (χ0) is 19.1. The van der Waals surface area contributed by atoms with Crippen molar-refractivity contribution in [1.29, 1.82) is 0 Å². The van der Waals surface area contributed by atoms with Crippen LogP contribution in [0.4, 0.5) is 0 Å². The lowest BCUT2D eigenvalue weighted by atomic mass is 9.48. The van der Waals surface area contributed by atoms with Crippen LogP contribution in [0.3, 0.4) is 0 Å². The van der Waals surface area contributed by atoms with Crippen LogP contribution in [0, 0.1) is 35.0 Å². The molecule has 4 aliphatic rings. The van der Waals surface area contributed by atoms with Gasteiger partial charge in [-0.05, 0) is 107 Å². The average molecular weight is 376 g/mol. The SMILES string of the molecule is CCCCC12CCC3C4CCC(N)CC4CCC3C1CCC2(C)OCCC. The molecule has 0 aromatic rings. The number of rotatable bonds is 6. The van der Waals surface area contributed by atoms with E-state index in [4.69, 9.17) is 10.5 Å². The molecule has 2 nitrogen and oxygen atoms in total. The number of ether oxygens (including phenoxy) is 1. The summed E-state index contributed by atoms with van der Waals surface area (Å²) in [4.78, 5) is 0. The molecule has 0 aromatic carbocycles. The van der Waals surface area contributed by atoms with Crippen molar-refractivity contribution in [3.8, 4) is 0 Å². The molecule has 0 heterocycles. The first-order valence-electron chi connectivity index (χ1n) is 12.4. The Balaban J connectivity index is 1.58. The monoisotopic (exact) mass is 375 g/mol. The van der Waals surface area contributed by atoms with Crippen LogP contribution in [0.25, 0.3) is 0 Å². The van der Waals surface area contributed by atoms with Crippen molar-refractivity contribution in [2.24, 2.45) is 40.7 Å². The molecule has 2 heteroatoms. The number of unbranched alkanes of at least 4 members (excludes halogenated alkanes) is 1. The molecule has 0 spiro atoms. The van der Waals surface area contributed by atoms with Crippen LogP contribution in [-0.2, 0) is 4.74 Å². The fourth-order valence-corrected chi connectivity index (χ4v) is 8.54. The van der Waals surface area contributed by atoms with Crippen LogP contribution >= 0.6 is 0 Å². The van der Waals surface area contributed by atoms with Crippen LogP contribution in [-0.4, -0.2) is 18.2 Å². The number of hydrogen-bond acceptors (Lipinski definition) is 2. The van der Waals surface area contributed by atoms with Crippen LogP contribution in [0.5, 0.6) is 0 Å². The van der Waals surface area contributed by atoms with Gasteiger partial charge in [0.1, 0.15) is 0 Å². The summed E-state index contributed by atoms with van der Waals surface area (Å²) >= 11 is 0. The van der Waals surface area contributed by atoms with Gasteiger partial charge in [0.25, 0.3) is 0 Å². The Morgan fingerprint density at radius 2 is 1.70 bits per heavy atom. The molecule has 4 rings (SSSR count). The Hall–Kier alpha value is -0.0800. The van der Waals surface area contributed by atoms with Gasteiger partial charge < -0.3 is 10.5 Å². The van der Waals surface area contributed by atoms with Gasteiger partial charge >= 0.3 is 0 Å². The van der Waals surface area contributed by atoms with Gasteiger partial charge in [-0.3, -0.25) is 0 Å². The van der Waals surface area contributed by atoms with Gasteiger partial charge in [0.05, 0.1) is 5.60 Å². The molecule has 2 N–H and O–H groups in total. The summed E-state index contributed by atoms with van der Waals surface area (Å²) in [7, 11) is 0. The molecule has 0 amide bonds. The van der Waals surface area contributed by atoms with Crippen molar-refractivity contribution in [3.63, 3.8) is 0 Å². The van der Waals surface area contributed by atoms with Gasteiger partial charge in [-0.2, -0.15) is 0 Å². The lowest BCUT2D eigenvalue weighted by Crippen LogP contribution is -2.55. The van der Waals surface area contributed by atoms with Crippen LogP contribution in [0.2, 0.25) is 0 Å². The average Bonchev–Trinajstić information content (AvgIpc) is 2.97. The predicted molar refractivity (Wildman–Crippen MR) is 114 cm³/mol. The molecule has 0 aromatic heterocycles. The molecule has 0 radical (unpaired) electrons. The van der Waals surface area contributed by atoms with Crippen molar-refractivity contribution < 1.29 is 4.74 Å². The van der Waals surface area contributed by atoms with E-state index in [-0.39, 0.29) is 5.60 Å². The summed E-state index contributed by atoms with van der Waals surface area (Å²) in [6.07, 6.45) is 17.9. The lowest BCUT2D eigenvalue weighted by Gasteiger charge is -2.59. The summed E-state index contributed by atoms with van der Waals surface area (Å²) in [6.45, 7) is 8.09. The number of hydrogen-bond donors (Lipinski definition) is 1. The van der Waals surface area contributed by atoms with Gasteiger partial charge in [0, 0.05) is 18.1 Å². The van der Waals surface area contributed by atoms with Gasteiger partial charge in [-0.25, -0.2) is 0 Å². The molecule has 4 aliphatic carbocycles. The predicted octanol–water partition coefficient (Wildman–Crippen LogP) is 6.32. The van der Waals surface area contributed by atoms with E-state index in [0.29, 0.717) is 11.5 Å². The molecular weight excluding hydrogens is 330 g/mol. The Morgan fingerprint density at radius 1 is 0.889 bits per heavy atom. The molecular formula is C25H45NO. The fraction of sp³-hybridized carbons (Fsp3) is 1.00. The van der Waals surface area contributed by atoms with E-state index in [1.165, 1.54) is 77.0 Å². The Morgan fingerprint density at radius 3 is 2.48 bits per heavy atom. The maximum atomic E-state index is 6.69. The van der Waals surface area contributed by atoms with Gasteiger partial charge in [-0.15, -0.1) is 0 Å². The van der Waals surface area contributed by atoms with E-state index in [1.807, 2.05) is 0 Å². The molecule has 156 valence electrons. The molecule has 4 saturated carbocycles. The quantitative estimate of drug-likeness (QED) is 0.589. The fourth-order valence-electron chi connectivity index (χ4n) is 8.54. The number of fused-ring (bicyclic) bond motifs is 5. The summed E-state index contributed by atoms with van der Waals surface area (Å²) in [5.41, 5.74) is 6.94. The van der Waals surface area contributed by atoms with E-state index in [1.54, 1.807) is 0 Å². The molecule has 0 aliphatic heterocycles. The maximum absolute atomic E-state index is 6.69. The summed E-state index contributed by atoms with van der Waals surface area (Å²) in [5.74, 6) is 4.86. The molecule has 8 unspecified atom stereocenters. The van der Waals surface area contributed by atoms with Gasteiger partial charge in [0.15, 0.2) is 0 Å². The third-order valence-corrected chi connectivity index (χ3v) is 9.79. The highest BCUT2D eigenvalue weighted by Gasteiger charge is 2.63. The zero-order valence-corrected chi connectivity index (χ0v) is 18.3. The third kappa shape index (κ3) is 3.31. The van der Waals surface area contributed by atoms with Crippen LogP contribution < -0.4 is 5.73 Å². The summed E-state index contributed by atoms with van der Waals surface area (Å²) in [5, 5.41) is 0. The first-order valence-corrected chi connectivity index (χ1v) is 12.4. The maximum Gasteiger partial charge on any atom is 0.0713 e. The van der Waals surface area contributed by atoms with E-state index in [0.717, 1.165) is 42.6 Å². The summed E-state index contributed by atoms with van der Waals surface area (Å²) in [6, 6.07) is 0.493. The van der Waals surface area contributed by atoms with Crippen LogP contribution in [0.15, 0.2) is 0 Å². The van der Waals surface area contributed by atoms with E-state index in [9.17, 15) is 0 Å². The molecule has 0 saturated heterocycles. The third-order valence-electron chi connectivity index (χ3n) is 9.79. The first-order chi connectivity index (χ1) is 13.0. The number of nitrogens with two attached hydrogens (primary N) is 1. The molecule has 8 atom stereocenters.